The van der Waals surface area contributed by atoms with Gasteiger partial charge in [0.2, 0.25) is 0 Å². The fourth-order valence-electron chi connectivity index (χ4n) is 3.00. The molecule has 5 nitrogen and oxygen atoms in total. The summed E-state index contributed by atoms with van der Waals surface area (Å²) in [5.41, 5.74) is 2.84. The van der Waals surface area contributed by atoms with Crippen molar-refractivity contribution in [2.24, 2.45) is 0 Å². The van der Waals surface area contributed by atoms with E-state index in [1.54, 1.807) is 4.57 Å². The summed E-state index contributed by atoms with van der Waals surface area (Å²) < 4.78 is 27.3. The van der Waals surface area contributed by atoms with E-state index in [1.165, 1.54) is 19.5 Å². The van der Waals surface area contributed by atoms with E-state index in [2.05, 4.69) is 25.7 Å². The van der Waals surface area contributed by atoms with E-state index in [9.17, 15) is 9.18 Å². The number of carbonyl (C=O) groups is 1. The van der Waals surface area contributed by atoms with Crippen LogP contribution in [0.1, 0.15) is 15.9 Å². The number of methoxy groups -OCH3 is 1. The highest BCUT2D eigenvalue weighted by atomic mass is 79.9. The van der Waals surface area contributed by atoms with Crippen LogP contribution < -0.4 is 4.74 Å². The number of imidazole rings is 1. The number of ether oxygens (including phenoxy) is 2. The first-order chi connectivity index (χ1) is 14.1. The van der Waals surface area contributed by atoms with Crippen molar-refractivity contribution in [1.29, 1.82) is 0 Å². The molecule has 0 bridgehead atoms. The molecule has 1 aromatic heterocycles. The van der Waals surface area contributed by atoms with Crippen molar-refractivity contribution in [2.75, 3.05) is 7.11 Å². The summed E-state index contributed by atoms with van der Waals surface area (Å²) in [5.74, 6) is -0.496. The Morgan fingerprint density at radius 2 is 1.93 bits per heavy atom. The highest BCUT2D eigenvalue weighted by molar-refractivity contribution is 9.10. The number of aromatic nitrogens is 2. The van der Waals surface area contributed by atoms with Gasteiger partial charge in [-0.1, -0.05) is 30.3 Å². The Morgan fingerprint density at radius 1 is 1.14 bits per heavy atom. The first-order valence-corrected chi connectivity index (χ1v) is 9.57. The number of nitrogens with zero attached hydrogens (tertiary/aromatic N) is 2. The summed E-state index contributed by atoms with van der Waals surface area (Å²) >= 11 is 3.31. The van der Waals surface area contributed by atoms with Crippen LogP contribution in [0.4, 0.5) is 4.39 Å². The highest BCUT2D eigenvalue weighted by Crippen LogP contribution is 2.28. The number of hydrogen-bond acceptors (Lipinski definition) is 4. The zero-order chi connectivity index (χ0) is 20.4. The topological polar surface area (TPSA) is 53.4 Å². The van der Waals surface area contributed by atoms with E-state index in [0.29, 0.717) is 27.9 Å². The molecule has 0 atom stereocenters. The standard InChI is InChI=1S/C22H16BrFN2O3/c1-28-22(27)16-10-18(24)21(11-17(16)23)26-13-25-19-9-15(7-8-20(19)26)29-12-14-5-3-2-4-6-14/h2-11,13H,12H2,1H3. The molecule has 0 radical (unpaired) electrons. The third-order valence-electron chi connectivity index (χ3n) is 4.47. The molecule has 0 fully saturated rings. The largest absolute Gasteiger partial charge is 0.489 e. The van der Waals surface area contributed by atoms with Gasteiger partial charge in [-0.15, -0.1) is 0 Å². The second-order valence-corrected chi connectivity index (χ2v) is 7.17. The summed E-state index contributed by atoms with van der Waals surface area (Å²) in [6, 6.07) is 18.0. The zero-order valence-corrected chi connectivity index (χ0v) is 17.0. The van der Waals surface area contributed by atoms with E-state index in [-0.39, 0.29) is 11.3 Å². The fourth-order valence-corrected chi connectivity index (χ4v) is 3.50. The summed E-state index contributed by atoms with van der Waals surface area (Å²) in [5, 5.41) is 0. The first kappa shape index (κ1) is 19.1. The van der Waals surface area contributed by atoms with Crippen LogP contribution in [-0.4, -0.2) is 22.6 Å². The third-order valence-corrected chi connectivity index (χ3v) is 5.12. The monoisotopic (exact) mass is 454 g/mol. The van der Waals surface area contributed by atoms with Crippen LogP contribution in [-0.2, 0) is 11.3 Å². The summed E-state index contributed by atoms with van der Waals surface area (Å²) in [6.07, 6.45) is 1.54. The molecular formula is C22H16BrFN2O3. The maximum absolute atomic E-state index is 14.7. The number of fused-ring (bicyclic) bond motifs is 1. The number of halogens is 2. The van der Waals surface area contributed by atoms with Crippen molar-refractivity contribution in [1.82, 2.24) is 9.55 Å². The molecule has 0 amide bonds. The van der Waals surface area contributed by atoms with Gasteiger partial charge in [0.15, 0.2) is 0 Å². The first-order valence-electron chi connectivity index (χ1n) is 8.78. The van der Waals surface area contributed by atoms with E-state index < -0.39 is 11.8 Å². The second kappa shape index (κ2) is 8.05. The zero-order valence-electron chi connectivity index (χ0n) is 15.4. The van der Waals surface area contributed by atoms with Gasteiger partial charge < -0.3 is 9.47 Å². The van der Waals surface area contributed by atoms with Crippen molar-refractivity contribution in [2.45, 2.75) is 6.61 Å². The van der Waals surface area contributed by atoms with E-state index in [0.717, 1.165) is 11.6 Å². The predicted molar refractivity (Wildman–Crippen MR) is 111 cm³/mol. The molecule has 0 spiro atoms. The van der Waals surface area contributed by atoms with Gasteiger partial charge in [-0.25, -0.2) is 14.2 Å². The Bertz CT molecular complexity index is 1190. The van der Waals surface area contributed by atoms with E-state index in [4.69, 9.17) is 4.74 Å². The minimum Gasteiger partial charge on any atom is -0.489 e. The van der Waals surface area contributed by atoms with Gasteiger partial charge in [0, 0.05) is 10.5 Å². The van der Waals surface area contributed by atoms with E-state index >= 15 is 0 Å². The maximum Gasteiger partial charge on any atom is 0.339 e. The smallest absolute Gasteiger partial charge is 0.339 e. The molecule has 0 aliphatic heterocycles. The minimum absolute atomic E-state index is 0.120. The number of esters is 1. The van der Waals surface area contributed by atoms with Crippen molar-refractivity contribution < 1.29 is 18.7 Å². The average Bonchev–Trinajstić information content (AvgIpc) is 3.16. The average molecular weight is 455 g/mol. The third kappa shape index (κ3) is 3.86. The fraction of sp³-hybridized carbons (Fsp3) is 0.0909. The molecule has 0 aliphatic carbocycles. The lowest BCUT2D eigenvalue weighted by atomic mass is 10.2. The molecule has 29 heavy (non-hydrogen) atoms. The van der Waals surface area contributed by atoms with Crippen LogP contribution in [0.2, 0.25) is 0 Å². The van der Waals surface area contributed by atoms with Gasteiger partial charge in [-0.05, 0) is 45.8 Å². The predicted octanol–water partition coefficient (Wildman–Crippen LogP) is 5.29. The summed E-state index contributed by atoms with van der Waals surface area (Å²) in [6.45, 7) is 0.448. The summed E-state index contributed by atoms with van der Waals surface area (Å²) in [4.78, 5) is 16.1. The molecule has 3 aromatic carbocycles. The lowest BCUT2D eigenvalue weighted by Crippen LogP contribution is -2.05. The minimum atomic E-state index is -0.613. The van der Waals surface area contributed by atoms with Crippen molar-refractivity contribution in [3.63, 3.8) is 0 Å². The van der Waals surface area contributed by atoms with Crippen molar-refractivity contribution >= 4 is 32.9 Å². The maximum atomic E-state index is 14.7. The summed E-state index contributed by atoms with van der Waals surface area (Å²) in [7, 11) is 1.25. The second-order valence-electron chi connectivity index (χ2n) is 6.31. The Morgan fingerprint density at radius 3 is 2.69 bits per heavy atom. The highest BCUT2D eigenvalue weighted by Gasteiger charge is 2.17. The van der Waals surface area contributed by atoms with Gasteiger partial charge in [0.1, 0.15) is 24.5 Å². The molecule has 0 saturated carbocycles. The number of rotatable bonds is 5. The molecule has 0 saturated heterocycles. The van der Waals surface area contributed by atoms with Crippen LogP contribution >= 0.6 is 15.9 Å². The van der Waals surface area contributed by atoms with E-state index in [1.807, 2.05) is 48.5 Å². The lowest BCUT2D eigenvalue weighted by Gasteiger charge is -2.10. The normalized spacial score (nSPS) is 10.9. The Kier molecular flexibility index (Phi) is 5.31. The van der Waals surface area contributed by atoms with Crippen LogP contribution in [0.5, 0.6) is 5.75 Å². The Hall–Kier alpha value is -3.19. The van der Waals surface area contributed by atoms with Crippen LogP contribution in [0.15, 0.2) is 71.5 Å². The van der Waals surface area contributed by atoms with Crippen molar-refractivity contribution in [3.8, 4) is 11.4 Å². The van der Waals surface area contributed by atoms with Crippen LogP contribution in [0.3, 0.4) is 0 Å². The van der Waals surface area contributed by atoms with Gasteiger partial charge in [-0.2, -0.15) is 0 Å². The number of benzene rings is 3. The van der Waals surface area contributed by atoms with Gasteiger partial charge in [0.25, 0.3) is 0 Å². The Balaban J connectivity index is 1.64. The van der Waals surface area contributed by atoms with Crippen molar-refractivity contribution in [3.05, 3.63) is 88.4 Å². The molecular weight excluding hydrogens is 439 g/mol. The molecule has 146 valence electrons. The number of carbonyl (C=O) groups excluding carboxylic acids is 1. The SMILES string of the molecule is COC(=O)c1cc(F)c(-n2cnc3cc(OCc4ccccc4)ccc32)cc1Br. The van der Waals surface area contributed by atoms with Crippen LogP contribution in [0, 0.1) is 5.82 Å². The molecule has 0 aliphatic rings. The van der Waals surface area contributed by atoms with Gasteiger partial charge in [0.05, 0.1) is 29.4 Å². The molecule has 4 rings (SSSR count). The Labute approximate surface area is 174 Å². The van der Waals surface area contributed by atoms with Gasteiger partial charge in [-0.3, -0.25) is 4.57 Å². The molecule has 1 heterocycles. The molecule has 0 N–H and O–H groups in total. The molecule has 0 unspecified atom stereocenters. The quantitative estimate of drug-likeness (QED) is 0.384. The lowest BCUT2D eigenvalue weighted by molar-refractivity contribution is 0.0599. The van der Waals surface area contributed by atoms with Crippen LogP contribution in [0.25, 0.3) is 16.7 Å². The molecule has 7 heteroatoms. The van der Waals surface area contributed by atoms with Gasteiger partial charge >= 0.3 is 5.97 Å². The number of hydrogen-bond donors (Lipinski definition) is 0. The molecule has 4 aromatic rings.